The predicted octanol–water partition coefficient (Wildman–Crippen LogP) is -0.179. The SMILES string of the molecule is COCC1OCC2=C1CON2. The highest BCUT2D eigenvalue weighted by atomic mass is 16.7. The lowest BCUT2D eigenvalue weighted by molar-refractivity contribution is 0.0138. The third-order valence-electron chi connectivity index (χ3n) is 1.95. The van der Waals surface area contributed by atoms with Crippen LogP contribution >= 0.6 is 0 Å². The van der Waals surface area contributed by atoms with Gasteiger partial charge in [-0.3, -0.25) is 10.3 Å². The van der Waals surface area contributed by atoms with Crippen molar-refractivity contribution in [2.24, 2.45) is 0 Å². The zero-order chi connectivity index (χ0) is 7.68. The molecule has 0 spiro atoms. The minimum atomic E-state index is 0.102. The van der Waals surface area contributed by atoms with Crippen LogP contribution in [0.2, 0.25) is 0 Å². The Kier molecular flexibility index (Phi) is 1.81. The van der Waals surface area contributed by atoms with Crippen molar-refractivity contribution in [3.05, 3.63) is 11.3 Å². The van der Waals surface area contributed by atoms with Gasteiger partial charge in [0.1, 0.15) is 12.7 Å². The van der Waals surface area contributed by atoms with E-state index in [1.807, 2.05) is 0 Å². The number of hydroxylamine groups is 1. The molecule has 0 radical (unpaired) electrons. The van der Waals surface area contributed by atoms with E-state index in [4.69, 9.17) is 14.3 Å². The van der Waals surface area contributed by atoms with Gasteiger partial charge in [-0.25, -0.2) is 0 Å². The number of rotatable bonds is 2. The minimum absolute atomic E-state index is 0.102. The summed E-state index contributed by atoms with van der Waals surface area (Å²) < 4.78 is 10.4. The minimum Gasteiger partial charge on any atom is -0.382 e. The molecule has 1 unspecified atom stereocenters. The highest BCUT2D eigenvalue weighted by Gasteiger charge is 2.30. The fourth-order valence-corrected chi connectivity index (χ4v) is 1.35. The maximum Gasteiger partial charge on any atom is 0.107 e. The predicted molar refractivity (Wildman–Crippen MR) is 37.7 cm³/mol. The Balaban J connectivity index is 2.03. The number of hydrogen-bond acceptors (Lipinski definition) is 4. The van der Waals surface area contributed by atoms with E-state index in [0.29, 0.717) is 19.8 Å². The monoisotopic (exact) mass is 157 g/mol. The normalized spacial score (nSPS) is 29.0. The Hall–Kier alpha value is -0.580. The Labute approximate surface area is 65.1 Å². The molecule has 0 fully saturated rings. The van der Waals surface area contributed by atoms with E-state index >= 15 is 0 Å². The summed E-state index contributed by atoms with van der Waals surface area (Å²) in [6, 6.07) is 0. The van der Waals surface area contributed by atoms with Crippen molar-refractivity contribution in [1.82, 2.24) is 5.48 Å². The molecule has 0 saturated carbocycles. The molecule has 1 atom stereocenters. The van der Waals surface area contributed by atoms with Gasteiger partial charge in [-0.2, -0.15) is 0 Å². The molecule has 4 heteroatoms. The van der Waals surface area contributed by atoms with Crippen molar-refractivity contribution in [1.29, 1.82) is 0 Å². The van der Waals surface area contributed by atoms with E-state index in [9.17, 15) is 0 Å². The maximum atomic E-state index is 5.42. The fraction of sp³-hybridized carbons (Fsp3) is 0.714. The zero-order valence-corrected chi connectivity index (χ0v) is 6.42. The molecule has 11 heavy (non-hydrogen) atoms. The highest BCUT2D eigenvalue weighted by molar-refractivity contribution is 5.24. The lowest BCUT2D eigenvalue weighted by Crippen LogP contribution is -2.19. The molecule has 0 amide bonds. The van der Waals surface area contributed by atoms with Crippen LogP contribution in [0.5, 0.6) is 0 Å². The van der Waals surface area contributed by atoms with Gasteiger partial charge >= 0.3 is 0 Å². The molecule has 0 bridgehead atoms. The Morgan fingerprint density at radius 2 is 2.55 bits per heavy atom. The van der Waals surface area contributed by atoms with Crippen LogP contribution in [-0.4, -0.2) is 33.0 Å². The second-order valence-electron chi connectivity index (χ2n) is 2.65. The molecule has 0 aromatic carbocycles. The van der Waals surface area contributed by atoms with Crippen LogP contribution in [0.4, 0.5) is 0 Å². The number of methoxy groups -OCH3 is 1. The fourth-order valence-electron chi connectivity index (χ4n) is 1.35. The second kappa shape index (κ2) is 2.81. The van der Waals surface area contributed by atoms with Crippen LogP contribution in [-0.2, 0) is 14.3 Å². The van der Waals surface area contributed by atoms with Crippen LogP contribution < -0.4 is 5.48 Å². The topological polar surface area (TPSA) is 39.7 Å². The molecule has 2 aliphatic rings. The smallest absolute Gasteiger partial charge is 0.107 e. The Morgan fingerprint density at radius 1 is 1.64 bits per heavy atom. The van der Waals surface area contributed by atoms with Gasteiger partial charge in [0.25, 0.3) is 0 Å². The summed E-state index contributed by atoms with van der Waals surface area (Å²) in [6.07, 6.45) is 0.102. The zero-order valence-electron chi connectivity index (χ0n) is 6.42. The van der Waals surface area contributed by atoms with Crippen LogP contribution in [0.3, 0.4) is 0 Å². The van der Waals surface area contributed by atoms with Gasteiger partial charge in [0, 0.05) is 12.7 Å². The molecule has 0 aliphatic carbocycles. The van der Waals surface area contributed by atoms with Crippen molar-refractivity contribution in [2.75, 3.05) is 26.9 Å². The molecular formula is C7H11NO3. The van der Waals surface area contributed by atoms with E-state index in [1.165, 1.54) is 5.57 Å². The van der Waals surface area contributed by atoms with Crippen molar-refractivity contribution in [2.45, 2.75) is 6.10 Å². The lowest BCUT2D eigenvalue weighted by atomic mass is 10.1. The third kappa shape index (κ3) is 1.13. The van der Waals surface area contributed by atoms with Crippen LogP contribution in [0.1, 0.15) is 0 Å². The first kappa shape index (κ1) is 7.09. The van der Waals surface area contributed by atoms with Crippen molar-refractivity contribution >= 4 is 0 Å². The summed E-state index contributed by atoms with van der Waals surface area (Å²) in [7, 11) is 1.67. The van der Waals surface area contributed by atoms with Gasteiger partial charge in [0.05, 0.1) is 18.9 Å². The summed E-state index contributed by atoms with van der Waals surface area (Å²) in [5.41, 5.74) is 5.08. The van der Waals surface area contributed by atoms with Crippen molar-refractivity contribution in [3.8, 4) is 0 Å². The van der Waals surface area contributed by atoms with Gasteiger partial charge in [-0.05, 0) is 0 Å². The average molecular weight is 157 g/mol. The third-order valence-corrected chi connectivity index (χ3v) is 1.95. The van der Waals surface area contributed by atoms with Gasteiger partial charge in [0.15, 0.2) is 0 Å². The van der Waals surface area contributed by atoms with E-state index in [1.54, 1.807) is 7.11 Å². The molecule has 0 aromatic rings. The summed E-state index contributed by atoms with van der Waals surface area (Å²) in [6.45, 7) is 1.87. The summed E-state index contributed by atoms with van der Waals surface area (Å²) in [5, 5.41) is 0. The first-order valence-electron chi connectivity index (χ1n) is 3.62. The van der Waals surface area contributed by atoms with Gasteiger partial charge in [-0.1, -0.05) is 0 Å². The number of nitrogens with one attached hydrogen (secondary N) is 1. The van der Waals surface area contributed by atoms with Gasteiger partial charge in [0.2, 0.25) is 0 Å². The quantitative estimate of drug-likeness (QED) is 0.603. The molecule has 1 N–H and O–H groups in total. The van der Waals surface area contributed by atoms with Crippen LogP contribution in [0.15, 0.2) is 11.3 Å². The Bertz CT molecular complexity index is 190. The van der Waals surface area contributed by atoms with Gasteiger partial charge in [-0.15, -0.1) is 0 Å². The molecule has 4 nitrogen and oxygen atoms in total. The average Bonchev–Trinajstić information content (AvgIpc) is 2.53. The molecule has 2 aliphatic heterocycles. The summed E-state index contributed by atoms with van der Waals surface area (Å²) in [4.78, 5) is 5.03. The summed E-state index contributed by atoms with van der Waals surface area (Å²) >= 11 is 0. The molecule has 2 heterocycles. The van der Waals surface area contributed by atoms with E-state index in [0.717, 1.165) is 5.70 Å². The number of hydrogen-bond donors (Lipinski definition) is 1. The first-order chi connectivity index (χ1) is 5.42. The van der Waals surface area contributed by atoms with E-state index in [-0.39, 0.29) is 6.10 Å². The lowest BCUT2D eigenvalue weighted by Gasteiger charge is -2.10. The second-order valence-corrected chi connectivity index (χ2v) is 2.65. The highest BCUT2D eigenvalue weighted by Crippen LogP contribution is 2.23. The van der Waals surface area contributed by atoms with Crippen molar-refractivity contribution in [3.63, 3.8) is 0 Å². The van der Waals surface area contributed by atoms with Gasteiger partial charge < -0.3 is 9.47 Å². The molecule has 0 aromatic heterocycles. The van der Waals surface area contributed by atoms with Crippen LogP contribution in [0, 0.1) is 0 Å². The largest absolute Gasteiger partial charge is 0.382 e. The van der Waals surface area contributed by atoms with Crippen molar-refractivity contribution < 1.29 is 14.3 Å². The van der Waals surface area contributed by atoms with Crippen LogP contribution in [0.25, 0.3) is 0 Å². The molecule has 2 rings (SSSR count). The molecule has 0 saturated heterocycles. The summed E-state index contributed by atoms with van der Waals surface area (Å²) in [5.74, 6) is 0. The first-order valence-corrected chi connectivity index (χ1v) is 3.62. The Morgan fingerprint density at radius 3 is 3.36 bits per heavy atom. The standard InChI is InChI=1S/C7H11NO3/c1-9-4-7-5-2-11-8-6(5)3-10-7/h7-8H,2-4H2,1H3. The van der Waals surface area contributed by atoms with E-state index < -0.39 is 0 Å². The maximum absolute atomic E-state index is 5.42. The molecular weight excluding hydrogens is 146 g/mol. The molecule has 62 valence electrons. The van der Waals surface area contributed by atoms with E-state index in [2.05, 4.69) is 5.48 Å². The number of ether oxygens (including phenoxy) is 2.